The number of halogens is 4. The van der Waals surface area contributed by atoms with Crippen molar-refractivity contribution < 1.29 is 13.2 Å². The summed E-state index contributed by atoms with van der Waals surface area (Å²) in [6, 6.07) is 5.03. The highest BCUT2D eigenvalue weighted by Crippen LogP contribution is 2.24. The molecular weight excluding hydrogens is 305 g/mol. The normalized spacial score (nSPS) is 12.2. The molecule has 1 N–H and O–H groups in total. The zero-order chi connectivity index (χ0) is 11.9. The summed E-state index contributed by atoms with van der Waals surface area (Å²) in [5.41, 5.74) is 1.04. The molecule has 7 heteroatoms. The van der Waals surface area contributed by atoms with Gasteiger partial charge in [-0.05, 0) is 30.4 Å². The summed E-state index contributed by atoms with van der Waals surface area (Å²) in [5.74, 6) is 0. The second-order valence-corrected chi connectivity index (χ2v) is 4.60. The molecule has 0 aliphatic rings. The monoisotopic (exact) mass is 310 g/mol. The lowest BCUT2D eigenvalue weighted by atomic mass is 10.3. The van der Waals surface area contributed by atoms with Crippen molar-refractivity contribution in [3.8, 4) is 0 Å². The van der Waals surface area contributed by atoms with E-state index >= 15 is 0 Å². The van der Waals surface area contributed by atoms with Gasteiger partial charge in [-0.1, -0.05) is 15.9 Å². The predicted octanol–water partition coefficient (Wildman–Crippen LogP) is 4.02. The minimum atomic E-state index is -4.28. The molecule has 1 aromatic heterocycles. The Morgan fingerprint density at radius 1 is 1.38 bits per heavy atom. The fourth-order valence-corrected chi connectivity index (χ4v) is 2.08. The zero-order valence-electron chi connectivity index (χ0n) is 7.81. The van der Waals surface area contributed by atoms with E-state index in [4.69, 9.17) is 12.2 Å². The molecule has 1 heterocycles. The van der Waals surface area contributed by atoms with Crippen LogP contribution in [0.5, 0.6) is 0 Å². The molecule has 1 aromatic carbocycles. The molecule has 0 bridgehead atoms. The fourth-order valence-electron chi connectivity index (χ4n) is 1.46. The van der Waals surface area contributed by atoms with Gasteiger partial charge in [0.25, 0.3) is 0 Å². The predicted molar refractivity (Wildman–Crippen MR) is 60.9 cm³/mol. The minimum absolute atomic E-state index is 0.0745. The smallest absolute Gasteiger partial charge is 0.331 e. The van der Waals surface area contributed by atoms with Crippen molar-refractivity contribution in [1.82, 2.24) is 9.55 Å². The molecule has 2 rings (SSSR count). The van der Waals surface area contributed by atoms with E-state index in [1.807, 2.05) is 0 Å². The molecule has 0 aliphatic heterocycles. The van der Waals surface area contributed by atoms with Crippen LogP contribution in [-0.2, 0) is 6.54 Å². The van der Waals surface area contributed by atoms with Crippen LogP contribution in [0.1, 0.15) is 0 Å². The second kappa shape index (κ2) is 3.89. The van der Waals surface area contributed by atoms with Crippen molar-refractivity contribution in [2.45, 2.75) is 12.7 Å². The Balaban J connectivity index is 2.63. The quantitative estimate of drug-likeness (QED) is 0.789. The van der Waals surface area contributed by atoms with E-state index in [0.717, 1.165) is 4.57 Å². The third-order valence-electron chi connectivity index (χ3n) is 2.07. The van der Waals surface area contributed by atoms with Crippen molar-refractivity contribution in [1.29, 1.82) is 0 Å². The highest BCUT2D eigenvalue weighted by molar-refractivity contribution is 9.10. The van der Waals surface area contributed by atoms with Crippen LogP contribution < -0.4 is 0 Å². The molecular formula is C9H6BrF3N2S. The summed E-state index contributed by atoms with van der Waals surface area (Å²) in [6.45, 7) is -1.08. The molecule has 2 nitrogen and oxygen atoms in total. The Kier molecular flexibility index (Phi) is 2.83. The van der Waals surface area contributed by atoms with Gasteiger partial charge in [0.05, 0.1) is 11.0 Å². The molecule has 86 valence electrons. The van der Waals surface area contributed by atoms with Crippen LogP contribution in [-0.4, -0.2) is 15.7 Å². The average molecular weight is 311 g/mol. The van der Waals surface area contributed by atoms with Gasteiger partial charge in [0.15, 0.2) is 4.77 Å². The van der Waals surface area contributed by atoms with Gasteiger partial charge < -0.3 is 9.55 Å². The molecule has 0 saturated heterocycles. The topological polar surface area (TPSA) is 20.7 Å². The van der Waals surface area contributed by atoms with Gasteiger partial charge in [-0.15, -0.1) is 0 Å². The van der Waals surface area contributed by atoms with E-state index in [1.165, 1.54) is 0 Å². The van der Waals surface area contributed by atoms with Gasteiger partial charge in [0.2, 0.25) is 0 Å². The van der Waals surface area contributed by atoms with Crippen molar-refractivity contribution >= 4 is 39.2 Å². The molecule has 0 unspecified atom stereocenters. The van der Waals surface area contributed by atoms with Crippen molar-refractivity contribution in [2.24, 2.45) is 0 Å². The molecule has 0 aliphatic carbocycles. The Hall–Kier alpha value is -0.820. The van der Waals surface area contributed by atoms with E-state index in [1.54, 1.807) is 18.2 Å². The zero-order valence-corrected chi connectivity index (χ0v) is 10.2. The average Bonchev–Trinajstić information content (AvgIpc) is 2.42. The molecule has 2 aromatic rings. The molecule has 0 spiro atoms. The number of H-pyrrole nitrogens is 1. The fraction of sp³-hybridized carbons (Fsp3) is 0.222. The van der Waals surface area contributed by atoms with E-state index in [9.17, 15) is 13.2 Å². The van der Waals surface area contributed by atoms with Crippen molar-refractivity contribution in [3.05, 3.63) is 27.4 Å². The highest BCUT2D eigenvalue weighted by Gasteiger charge is 2.29. The number of alkyl halides is 3. The Morgan fingerprint density at radius 2 is 2.06 bits per heavy atom. The van der Waals surface area contributed by atoms with Gasteiger partial charge in [-0.25, -0.2) is 0 Å². The number of nitrogens with zero attached hydrogens (tertiary/aromatic N) is 1. The van der Waals surface area contributed by atoms with E-state index < -0.39 is 12.7 Å². The number of hydrogen-bond acceptors (Lipinski definition) is 1. The van der Waals surface area contributed by atoms with Crippen LogP contribution in [0, 0.1) is 4.77 Å². The van der Waals surface area contributed by atoms with E-state index in [2.05, 4.69) is 20.9 Å². The first kappa shape index (κ1) is 11.7. The number of aromatic nitrogens is 2. The van der Waals surface area contributed by atoms with Gasteiger partial charge in [0.1, 0.15) is 6.54 Å². The SMILES string of the molecule is FC(F)(F)Cn1c(=S)[nH]c2ccc(Br)cc21. The van der Waals surface area contributed by atoms with E-state index in [0.29, 0.717) is 15.5 Å². The number of benzene rings is 1. The first-order chi connectivity index (χ1) is 7.37. The van der Waals surface area contributed by atoms with Gasteiger partial charge in [0, 0.05) is 4.47 Å². The summed E-state index contributed by atoms with van der Waals surface area (Å²) in [6.07, 6.45) is -4.28. The highest BCUT2D eigenvalue weighted by atomic mass is 79.9. The second-order valence-electron chi connectivity index (χ2n) is 3.29. The Labute approximate surface area is 102 Å². The third-order valence-corrected chi connectivity index (χ3v) is 2.89. The van der Waals surface area contributed by atoms with Crippen LogP contribution in [0.25, 0.3) is 11.0 Å². The summed E-state index contributed by atoms with van der Waals surface area (Å²) < 4.78 is 38.8. The Morgan fingerprint density at radius 3 is 2.69 bits per heavy atom. The first-order valence-electron chi connectivity index (χ1n) is 4.32. The number of imidazole rings is 1. The summed E-state index contributed by atoms with van der Waals surface area (Å²) in [4.78, 5) is 2.73. The maximum absolute atomic E-state index is 12.3. The first-order valence-corrected chi connectivity index (χ1v) is 5.52. The van der Waals surface area contributed by atoms with Gasteiger partial charge in [-0.2, -0.15) is 13.2 Å². The number of hydrogen-bond donors (Lipinski definition) is 1. The molecule has 0 fully saturated rings. The van der Waals surface area contributed by atoms with Gasteiger partial charge in [-0.3, -0.25) is 0 Å². The van der Waals surface area contributed by atoms with Crippen molar-refractivity contribution in [2.75, 3.05) is 0 Å². The number of nitrogens with one attached hydrogen (secondary N) is 1. The number of fused-ring (bicyclic) bond motifs is 1. The lowest BCUT2D eigenvalue weighted by Gasteiger charge is -2.08. The van der Waals surface area contributed by atoms with Crippen LogP contribution >= 0.6 is 28.1 Å². The van der Waals surface area contributed by atoms with Crippen LogP contribution in [0.15, 0.2) is 22.7 Å². The molecule has 0 radical (unpaired) electrons. The maximum atomic E-state index is 12.3. The largest absolute Gasteiger partial charge is 0.406 e. The standard InChI is InChI=1S/C9H6BrF3N2S/c10-5-1-2-6-7(3-5)15(8(16)14-6)4-9(11,12)13/h1-3H,4H2,(H,14,16). The molecule has 0 amide bonds. The lowest BCUT2D eigenvalue weighted by molar-refractivity contribution is -0.140. The summed E-state index contributed by atoms with van der Waals surface area (Å²) >= 11 is 8.07. The Bertz CT molecular complexity index is 584. The lowest BCUT2D eigenvalue weighted by Crippen LogP contribution is -2.17. The number of aromatic amines is 1. The van der Waals surface area contributed by atoms with Crippen LogP contribution in [0.3, 0.4) is 0 Å². The maximum Gasteiger partial charge on any atom is 0.406 e. The third kappa shape index (κ3) is 2.30. The van der Waals surface area contributed by atoms with Crippen LogP contribution in [0.4, 0.5) is 13.2 Å². The molecule has 16 heavy (non-hydrogen) atoms. The summed E-state index contributed by atoms with van der Waals surface area (Å²) in [7, 11) is 0. The van der Waals surface area contributed by atoms with Gasteiger partial charge >= 0.3 is 6.18 Å². The van der Waals surface area contributed by atoms with Crippen molar-refractivity contribution in [3.63, 3.8) is 0 Å². The molecule has 0 saturated carbocycles. The van der Waals surface area contributed by atoms with Crippen LogP contribution in [0.2, 0.25) is 0 Å². The molecule has 0 atom stereocenters. The van der Waals surface area contributed by atoms with E-state index in [-0.39, 0.29) is 4.77 Å². The minimum Gasteiger partial charge on any atom is -0.331 e. The summed E-state index contributed by atoms with van der Waals surface area (Å²) in [5, 5.41) is 0. The number of rotatable bonds is 1.